The zero-order valence-electron chi connectivity index (χ0n) is 9.06. The Labute approximate surface area is 89.7 Å². The smallest absolute Gasteiger partial charge is 0.333 e. The van der Waals surface area contributed by atoms with Gasteiger partial charge in [0.25, 0.3) is 0 Å². The third kappa shape index (κ3) is 3.45. The highest BCUT2D eigenvalue weighted by Crippen LogP contribution is 2.53. The lowest BCUT2D eigenvalue weighted by atomic mass is 10.0. The predicted molar refractivity (Wildman–Crippen MR) is 58.6 cm³/mol. The van der Waals surface area contributed by atoms with Crippen LogP contribution in [0.15, 0.2) is 12.7 Å². The van der Waals surface area contributed by atoms with Gasteiger partial charge in [0, 0.05) is 6.54 Å². The summed E-state index contributed by atoms with van der Waals surface area (Å²) in [6.07, 6.45) is 1.70. The number of carbonyl (C=O) groups is 1. The van der Waals surface area contributed by atoms with Crippen molar-refractivity contribution in [1.29, 1.82) is 0 Å². The van der Waals surface area contributed by atoms with Crippen molar-refractivity contribution in [1.82, 2.24) is 5.32 Å². The molecule has 0 aromatic heterocycles. The normalized spacial score (nSPS) is 12.3. The molecule has 6 heteroatoms. The first kappa shape index (κ1) is 14.4. The highest BCUT2D eigenvalue weighted by atomic mass is 31.2. The van der Waals surface area contributed by atoms with Crippen molar-refractivity contribution >= 4 is 13.5 Å². The molecular weight excluding hydrogens is 217 g/mol. The summed E-state index contributed by atoms with van der Waals surface area (Å²) in [6, 6.07) is 0. The van der Waals surface area contributed by atoms with Crippen molar-refractivity contribution < 1.29 is 19.1 Å². The van der Waals surface area contributed by atoms with Gasteiger partial charge in [-0.3, -0.25) is 9.36 Å². The van der Waals surface area contributed by atoms with Crippen LogP contribution in [0, 0.1) is 0 Å². The molecule has 0 aromatic carbocycles. The molecule has 0 atom stereocenters. The van der Waals surface area contributed by atoms with Gasteiger partial charge in [-0.1, -0.05) is 20.4 Å². The monoisotopic (exact) mass is 235 g/mol. The highest BCUT2D eigenvalue weighted by molar-refractivity contribution is 7.53. The number of rotatable bonds is 6. The van der Waals surface area contributed by atoms with Gasteiger partial charge in [-0.2, -0.15) is 0 Å². The van der Waals surface area contributed by atoms with Crippen LogP contribution in [0.4, 0.5) is 0 Å². The minimum absolute atomic E-state index is 0.0326. The quantitative estimate of drug-likeness (QED) is 0.474. The molecule has 0 spiro atoms. The molecule has 3 N–H and O–H groups in total. The zero-order chi connectivity index (χ0) is 12.1. The maximum Gasteiger partial charge on any atom is 0.333 e. The molecule has 0 aliphatic carbocycles. The molecule has 15 heavy (non-hydrogen) atoms. The Morgan fingerprint density at radius 2 is 1.93 bits per heavy atom. The van der Waals surface area contributed by atoms with Crippen molar-refractivity contribution in [3.05, 3.63) is 12.7 Å². The molecule has 0 saturated heterocycles. The van der Waals surface area contributed by atoms with E-state index >= 15 is 0 Å². The number of hydrogen-bond donors (Lipinski definition) is 3. The maximum atomic E-state index is 11.3. The van der Waals surface area contributed by atoms with E-state index in [2.05, 4.69) is 11.9 Å². The van der Waals surface area contributed by atoms with Crippen molar-refractivity contribution in [3.63, 3.8) is 0 Å². The zero-order valence-corrected chi connectivity index (χ0v) is 9.96. The van der Waals surface area contributed by atoms with E-state index in [1.165, 1.54) is 0 Å². The van der Waals surface area contributed by atoms with Crippen LogP contribution < -0.4 is 5.32 Å². The fraction of sp³-hybridized carbons (Fsp3) is 0.667. The Morgan fingerprint density at radius 3 is 2.20 bits per heavy atom. The van der Waals surface area contributed by atoms with Gasteiger partial charge in [-0.15, -0.1) is 0 Å². The molecule has 0 aromatic rings. The second-order valence-corrected chi connectivity index (χ2v) is 5.43. The van der Waals surface area contributed by atoms with Crippen LogP contribution in [-0.2, 0) is 9.36 Å². The van der Waals surface area contributed by atoms with E-state index in [1.54, 1.807) is 13.8 Å². The highest BCUT2D eigenvalue weighted by Gasteiger charge is 2.43. The Balaban J connectivity index is 4.74. The first-order valence-electron chi connectivity index (χ1n) is 4.79. The second kappa shape index (κ2) is 5.45. The van der Waals surface area contributed by atoms with E-state index in [9.17, 15) is 19.1 Å². The third-order valence-electron chi connectivity index (χ3n) is 2.71. The van der Waals surface area contributed by atoms with Gasteiger partial charge in [0.05, 0.1) is 5.16 Å². The Hall–Kier alpha value is -0.640. The number of amides is 1. The summed E-state index contributed by atoms with van der Waals surface area (Å²) < 4.78 is 11.3. The van der Waals surface area contributed by atoms with Crippen LogP contribution in [0.2, 0.25) is 0 Å². The predicted octanol–water partition coefficient (Wildman–Crippen LogP) is 1.03. The molecule has 0 unspecified atom stereocenters. The van der Waals surface area contributed by atoms with Gasteiger partial charge in [-0.05, 0) is 18.9 Å². The molecule has 0 heterocycles. The average Bonchev–Trinajstić information content (AvgIpc) is 2.17. The summed E-state index contributed by atoms with van der Waals surface area (Å²) in [7, 11) is -4.22. The lowest BCUT2D eigenvalue weighted by Crippen LogP contribution is -2.41. The van der Waals surface area contributed by atoms with Gasteiger partial charge in [-0.25, -0.2) is 0 Å². The molecule has 5 nitrogen and oxygen atoms in total. The van der Waals surface area contributed by atoms with Crippen LogP contribution in [0.5, 0.6) is 0 Å². The van der Waals surface area contributed by atoms with Gasteiger partial charge in [0.15, 0.2) is 0 Å². The van der Waals surface area contributed by atoms with E-state index in [1.807, 2.05) is 0 Å². The summed E-state index contributed by atoms with van der Waals surface area (Å²) in [5.74, 6) is -0.422. The minimum Gasteiger partial charge on any atom is -0.351 e. The lowest BCUT2D eigenvalue weighted by molar-refractivity contribution is -0.116. The van der Waals surface area contributed by atoms with E-state index in [0.717, 1.165) is 6.08 Å². The number of hydrogen-bond acceptors (Lipinski definition) is 2. The SMILES string of the molecule is C=CC(=O)NCC(CC)(CC)P(=O)(O)O. The summed E-state index contributed by atoms with van der Waals surface area (Å²) in [5.41, 5.74) is 0. The Kier molecular flexibility index (Phi) is 5.21. The molecule has 88 valence electrons. The standard InChI is InChI=1S/C9H18NO4P/c1-4-8(11)10-7-9(5-2,6-3)15(12,13)14/h4H,1,5-7H2,2-3H3,(H,10,11)(H2,12,13,14). The van der Waals surface area contributed by atoms with Crippen LogP contribution in [0.25, 0.3) is 0 Å². The summed E-state index contributed by atoms with van der Waals surface area (Å²) in [6.45, 7) is 6.63. The van der Waals surface area contributed by atoms with Crippen LogP contribution >= 0.6 is 7.60 Å². The molecule has 0 aliphatic heterocycles. The topological polar surface area (TPSA) is 86.6 Å². The van der Waals surface area contributed by atoms with Gasteiger partial charge >= 0.3 is 7.60 Å². The van der Waals surface area contributed by atoms with Crippen molar-refractivity contribution in [2.45, 2.75) is 31.8 Å². The lowest BCUT2D eigenvalue weighted by Gasteiger charge is -2.32. The van der Waals surface area contributed by atoms with Gasteiger partial charge < -0.3 is 15.1 Å². The molecule has 0 aliphatic rings. The summed E-state index contributed by atoms with van der Waals surface area (Å²) in [5, 5.41) is 1.27. The van der Waals surface area contributed by atoms with E-state index in [0.29, 0.717) is 12.8 Å². The average molecular weight is 235 g/mol. The number of carbonyl (C=O) groups excluding carboxylic acids is 1. The van der Waals surface area contributed by atoms with Crippen molar-refractivity contribution in [2.75, 3.05) is 6.54 Å². The molecule has 0 fully saturated rings. The molecule has 1 amide bonds. The van der Waals surface area contributed by atoms with Gasteiger partial charge in [0.1, 0.15) is 0 Å². The van der Waals surface area contributed by atoms with Gasteiger partial charge in [0.2, 0.25) is 5.91 Å². The Bertz CT molecular complexity index is 280. The van der Waals surface area contributed by atoms with E-state index in [4.69, 9.17) is 0 Å². The maximum absolute atomic E-state index is 11.3. The van der Waals surface area contributed by atoms with Crippen LogP contribution in [0.3, 0.4) is 0 Å². The molecule has 0 radical (unpaired) electrons. The molecule has 0 saturated carbocycles. The second-order valence-electron chi connectivity index (χ2n) is 3.40. The van der Waals surface area contributed by atoms with Crippen molar-refractivity contribution in [2.24, 2.45) is 0 Å². The molecule has 0 rings (SSSR count). The Morgan fingerprint density at radius 1 is 1.47 bits per heavy atom. The van der Waals surface area contributed by atoms with Crippen molar-refractivity contribution in [3.8, 4) is 0 Å². The third-order valence-corrected chi connectivity index (χ3v) is 4.74. The minimum atomic E-state index is -4.22. The molecule has 0 bridgehead atoms. The molecular formula is C9H18NO4P. The van der Waals surface area contributed by atoms with E-state index in [-0.39, 0.29) is 6.54 Å². The van der Waals surface area contributed by atoms with E-state index < -0.39 is 18.7 Å². The fourth-order valence-corrected chi connectivity index (χ4v) is 2.45. The largest absolute Gasteiger partial charge is 0.351 e. The van der Waals surface area contributed by atoms with Crippen LogP contribution in [0.1, 0.15) is 26.7 Å². The number of nitrogens with one attached hydrogen (secondary N) is 1. The summed E-state index contributed by atoms with van der Waals surface area (Å²) in [4.78, 5) is 29.4. The fourth-order valence-electron chi connectivity index (χ4n) is 1.34. The van der Waals surface area contributed by atoms with Crippen LogP contribution in [-0.4, -0.2) is 27.4 Å². The first-order chi connectivity index (χ1) is 6.83. The first-order valence-corrected chi connectivity index (χ1v) is 6.40. The summed E-state index contributed by atoms with van der Waals surface area (Å²) >= 11 is 0.